The van der Waals surface area contributed by atoms with Gasteiger partial charge >= 0.3 is 0 Å². The van der Waals surface area contributed by atoms with Crippen LogP contribution in [0, 0.1) is 0 Å². The quantitative estimate of drug-likeness (QED) is 0.466. The number of aromatic nitrogens is 2. The summed E-state index contributed by atoms with van der Waals surface area (Å²) in [6, 6.07) is 27.3. The SMILES string of the molecule is O=C(Nc1ccc(-c2cn3ccccc3n2)cc1)c1cccc2ccccc12. The van der Waals surface area contributed by atoms with Crippen LogP contribution in [0.4, 0.5) is 5.69 Å². The Bertz CT molecular complexity index is 1260. The van der Waals surface area contributed by atoms with Gasteiger partial charge in [-0.2, -0.15) is 0 Å². The number of benzene rings is 3. The van der Waals surface area contributed by atoms with Crippen LogP contribution < -0.4 is 5.32 Å². The van der Waals surface area contributed by atoms with Gasteiger partial charge in [-0.1, -0.05) is 54.6 Å². The fourth-order valence-corrected chi connectivity index (χ4v) is 3.42. The lowest BCUT2D eigenvalue weighted by Crippen LogP contribution is -2.12. The normalized spacial score (nSPS) is 11.0. The summed E-state index contributed by atoms with van der Waals surface area (Å²) in [6.45, 7) is 0. The molecular weight excluding hydrogens is 346 g/mol. The number of imidazole rings is 1. The van der Waals surface area contributed by atoms with Gasteiger partial charge in [-0.3, -0.25) is 4.79 Å². The van der Waals surface area contributed by atoms with Crippen LogP contribution in [-0.2, 0) is 0 Å². The number of pyridine rings is 1. The number of anilines is 1. The van der Waals surface area contributed by atoms with Crippen molar-refractivity contribution in [3.8, 4) is 11.3 Å². The van der Waals surface area contributed by atoms with E-state index in [1.165, 1.54) is 0 Å². The summed E-state index contributed by atoms with van der Waals surface area (Å²) in [6.07, 6.45) is 3.98. The minimum atomic E-state index is -0.114. The van der Waals surface area contributed by atoms with Crippen LogP contribution in [0.3, 0.4) is 0 Å². The van der Waals surface area contributed by atoms with Gasteiger partial charge in [0.15, 0.2) is 0 Å². The highest BCUT2D eigenvalue weighted by molar-refractivity contribution is 6.12. The third-order valence-corrected chi connectivity index (χ3v) is 4.84. The average Bonchev–Trinajstić information content (AvgIpc) is 3.18. The van der Waals surface area contributed by atoms with Crippen LogP contribution in [0.2, 0.25) is 0 Å². The number of carbonyl (C=O) groups is 1. The summed E-state index contributed by atoms with van der Waals surface area (Å²) in [5.74, 6) is -0.114. The fraction of sp³-hybridized carbons (Fsp3) is 0. The predicted octanol–water partition coefficient (Wildman–Crippen LogP) is 5.41. The van der Waals surface area contributed by atoms with E-state index in [0.29, 0.717) is 5.56 Å². The first kappa shape index (κ1) is 16.3. The lowest BCUT2D eigenvalue weighted by atomic mass is 10.0. The minimum absolute atomic E-state index is 0.114. The van der Waals surface area contributed by atoms with Crippen molar-refractivity contribution in [3.63, 3.8) is 0 Å². The van der Waals surface area contributed by atoms with Crippen LogP contribution in [0.25, 0.3) is 27.7 Å². The summed E-state index contributed by atoms with van der Waals surface area (Å²) in [4.78, 5) is 17.4. The van der Waals surface area contributed by atoms with Crippen molar-refractivity contribution in [2.75, 3.05) is 5.32 Å². The summed E-state index contributed by atoms with van der Waals surface area (Å²) in [5.41, 5.74) is 4.24. The Morgan fingerprint density at radius 2 is 1.61 bits per heavy atom. The number of nitrogens with one attached hydrogen (secondary N) is 1. The minimum Gasteiger partial charge on any atom is -0.322 e. The molecule has 3 aromatic carbocycles. The Labute approximate surface area is 162 Å². The monoisotopic (exact) mass is 363 g/mol. The van der Waals surface area contributed by atoms with E-state index in [-0.39, 0.29) is 5.91 Å². The molecule has 4 nitrogen and oxygen atoms in total. The van der Waals surface area contributed by atoms with Crippen LogP contribution >= 0.6 is 0 Å². The third kappa shape index (κ3) is 2.91. The number of fused-ring (bicyclic) bond motifs is 2. The smallest absolute Gasteiger partial charge is 0.256 e. The van der Waals surface area contributed by atoms with Crippen molar-refractivity contribution in [1.82, 2.24) is 9.38 Å². The Balaban J connectivity index is 1.40. The molecule has 2 aromatic heterocycles. The van der Waals surface area contributed by atoms with Crippen molar-refractivity contribution in [2.24, 2.45) is 0 Å². The maximum atomic E-state index is 12.8. The van der Waals surface area contributed by atoms with E-state index in [0.717, 1.165) is 33.4 Å². The average molecular weight is 363 g/mol. The largest absolute Gasteiger partial charge is 0.322 e. The highest BCUT2D eigenvalue weighted by atomic mass is 16.1. The topological polar surface area (TPSA) is 46.4 Å². The predicted molar refractivity (Wildman–Crippen MR) is 113 cm³/mol. The van der Waals surface area contributed by atoms with Crippen LogP contribution in [0.15, 0.2) is 97.3 Å². The number of hydrogen-bond donors (Lipinski definition) is 1. The molecule has 4 heteroatoms. The first-order valence-corrected chi connectivity index (χ1v) is 9.11. The lowest BCUT2D eigenvalue weighted by Gasteiger charge is -2.08. The second-order valence-corrected chi connectivity index (χ2v) is 6.65. The van der Waals surface area contributed by atoms with Gasteiger partial charge in [0, 0.05) is 29.2 Å². The molecule has 134 valence electrons. The third-order valence-electron chi connectivity index (χ3n) is 4.84. The number of nitrogens with zero attached hydrogens (tertiary/aromatic N) is 2. The Morgan fingerprint density at radius 1 is 0.821 bits per heavy atom. The molecule has 0 spiro atoms. The van der Waals surface area contributed by atoms with E-state index in [9.17, 15) is 4.79 Å². The van der Waals surface area contributed by atoms with Gasteiger partial charge in [-0.25, -0.2) is 4.98 Å². The summed E-state index contributed by atoms with van der Waals surface area (Å²) in [7, 11) is 0. The fourth-order valence-electron chi connectivity index (χ4n) is 3.42. The second-order valence-electron chi connectivity index (χ2n) is 6.65. The summed E-state index contributed by atoms with van der Waals surface area (Å²) in [5, 5.41) is 4.99. The van der Waals surface area contributed by atoms with E-state index in [4.69, 9.17) is 0 Å². The second kappa shape index (κ2) is 6.67. The Kier molecular flexibility index (Phi) is 3.87. The van der Waals surface area contributed by atoms with Crippen molar-refractivity contribution >= 4 is 28.0 Å². The van der Waals surface area contributed by atoms with Gasteiger partial charge in [0.1, 0.15) is 5.65 Å². The number of carbonyl (C=O) groups excluding carboxylic acids is 1. The Morgan fingerprint density at radius 3 is 2.46 bits per heavy atom. The van der Waals surface area contributed by atoms with Gasteiger partial charge in [-0.15, -0.1) is 0 Å². The number of rotatable bonds is 3. The number of hydrogen-bond acceptors (Lipinski definition) is 2. The van der Waals surface area contributed by atoms with E-state index in [1.54, 1.807) is 0 Å². The molecule has 0 atom stereocenters. The Hall–Kier alpha value is -3.92. The van der Waals surface area contributed by atoms with E-state index in [2.05, 4.69) is 10.3 Å². The molecule has 0 radical (unpaired) electrons. The molecule has 0 bridgehead atoms. The van der Waals surface area contributed by atoms with Crippen molar-refractivity contribution < 1.29 is 4.79 Å². The first-order valence-electron chi connectivity index (χ1n) is 9.11. The van der Waals surface area contributed by atoms with Gasteiger partial charge in [0.25, 0.3) is 5.91 Å². The summed E-state index contributed by atoms with van der Waals surface area (Å²) >= 11 is 0. The van der Waals surface area contributed by atoms with Crippen molar-refractivity contribution in [1.29, 1.82) is 0 Å². The molecule has 28 heavy (non-hydrogen) atoms. The van der Waals surface area contributed by atoms with Crippen LogP contribution in [-0.4, -0.2) is 15.3 Å². The van der Waals surface area contributed by atoms with Gasteiger partial charge in [-0.05, 0) is 41.1 Å². The lowest BCUT2D eigenvalue weighted by molar-refractivity contribution is 0.102. The molecule has 1 N–H and O–H groups in total. The zero-order valence-corrected chi connectivity index (χ0v) is 15.0. The van der Waals surface area contributed by atoms with Crippen LogP contribution in [0.5, 0.6) is 0 Å². The molecule has 0 aliphatic heterocycles. The first-order chi connectivity index (χ1) is 13.8. The molecule has 0 aliphatic carbocycles. The van der Waals surface area contributed by atoms with Gasteiger partial charge < -0.3 is 9.72 Å². The standard InChI is InChI=1S/C24H17N3O/c28-24(21-9-5-7-17-6-1-2-8-20(17)21)25-19-13-11-18(12-14-19)22-16-27-15-4-3-10-23(27)26-22/h1-16H,(H,25,28). The van der Waals surface area contributed by atoms with Crippen molar-refractivity contribution in [3.05, 3.63) is 103 Å². The molecule has 5 rings (SSSR count). The molecule has 5 aromatic rings. The summed E-state index contributed by atoms with van der Waals surface area (Å²) < 4.78 is 1.99. The zero-order valence-electron chi connectivity index (χ0n) is 15.0. The molecule has 2 heterocycles. The van der Waals surface area contributed by atoms with E-state index in [1.807, 2.05) is 102 Å². The molecular formula is C24H17N3O. The number of amides is 1. The molecule has 0 unspecified atom stereocenters. The molecule has 0 saturated heterocycles. The van der Waals surface area contributed by atoms with E-state index < -0.39 is 0 Å². The zero-order chi connectivity index (χ0) is 18.9. The molecule has 1 amide bonds. The maximum absolute atomic E-state index is 12.8. The highest BCUT2D eigenvalue weighted by Gasteiger charge is 2.10. The highest BCUT2D eigenvalue weighted by Crippen LogP contribution is 2.23. The van der Waals surface area contributed by atoms with Crippen molar-refractivity contribution in [2.45, 2.75) is 0 Å². The van der Waals surface area contributed by atoms with E-state index >= 15 is 0 Å². The molecule has 0 aliphatic rings. The van der Waals surface area contributed by atoms with Crippen LogP contribution in [0.1, 0.15) is 10.4 Å². The van der Waals surface area contributed by atoms with Gasteiger partial charge in [0.05, 0.1) is 5.69 Å². The maximum Gasteiger partial charge on any atom is 0.256 e. The molecule has 0 fully saturated rings. The molecule has 0 saturated carbocycles. The van der Waals surface area contributed by atoms with Gasteiger partial charge in [0.2, 0.25) is 0 Å².